The molecule has 2 amide bonds. The van der Waals surface area contributed by atoms with Crippen LogP contribution in [0, 0.1) is 13.8 Å². The van der Waals surface area contributed by atoms with Crippen molar-refractivity contribution in [1.29, 1.82) is 0 Å². The van der Waals surface area contributed by atoms with Gasteiger partial charge in [-0.3, -0.25) is 0 Å². The molecule has 21 heavy (non-hydrogen) atoms. The van der Waals surface area contributed by atoms with E-state index >= 15 is 0 Å². The SMILES string of the molecule is Cc1cccc(C)c1NC(=O)NC1(C(=O)O)CCOCC1. The highest BCUT2D eigenvalue weighted by Gasteiger charge is 2.41. The maximum atomic E-state index is 12.2. The molecule has 0 saturated carbocycles. The standard InChI is InChI=1S/C15H20N2O4/c1-10-4-3-5-11(2)12(10)16-14(20)17-15(13(18)19)6-8-21-9-7-15/h3-5H,6-9H2,1-2H3,(H,18,19)(H2,16,17,20). The molecular weight excluding hydrogens is 272 g/mol. The average Bonchev–Trinajstić information content (AvgIpc) is 2.44. The number of anilines is 1. The lowest BCUT2D eigenvalue weighted by atomic mass is 9.90. The van der Waals surface area contributed by atoms with Crippen LogP contribution in [-0.2, 0) is 9.53 Å². The first-order valence-electron chi connectivity index (χ1n) is 6.91. The number of para-hydroxylation sites is 1. The van der Waals surface area contributed by atoms with E-state index in [1.807, 2.05) is 32.0 Å². The number of carboxylic acids is 1. The zero-order chi connectivity index (χ0) is 15.5. The number of carbonyl (C=O) groups excluding carboxylic acids is 1. The first-order valence-corrected chi connectivity index (χ1v) is 6.91. The van der Waals surface area contributed by atoms with Crippen LogP contribution < -0.4 is 10.6 Å². The van der Waals surface area contributed by atoms with Crippen LogP contribution in [0.3, 0.4) is 0 Å². The largest absolute Gasteiger partial charge is 0.480 e. The molecule has 0 unspecified atom stereocenters. The van der Waals surface area contributed by atoms with Crippen molar-refractivity contribution in [3.63, 3.8) is 0 Å². The van der Waals surface area contributed by atoms with E-state index in [-0.39, 0.29) is 12.8 Å². The Bertz CT molecular complexity index is 530. The first-order chi connectivity index (χ1) is 9.94. The van der Waals surface area contributed by atoms with E-state index in [4.69, 9.17) is 4.74 Å². The van der Waals surface area contributed by atoms with Crippen LogP contribution in [0.25, 0.3) is 0 Å². The molecule has 1 aromatic carbocycles. The van der Waals surface area contributed by atoms with Crippen LogP contribution in [0.5, 0.6) is 0 Å². The summed E-state index contributed by atoms with van der Waals surface area (Å²) in [5, 5.41) is 14.8. The highest BCUT2D eigenvalue weighted by molar-refractivity contribution is 5.95. The fourth-order valence-corrected chi connectivity index (χ4v) is 2.49. The van der Waals surface area contributed by atoms with E-state index in [0.29, 0.717) is 18.9 Å². The summed E-state index contributed by atoms with van der Waals surface area (Å²) in [4.78, 5) is 23.7. The van der Waals surface area contributed by atoms with Gasteiger partial charge >= 0.3 is 12.0 Å². The van der Waals surface area contributed by atoms with Crippen molar-refractivity contribution >= 4 is 17.7 Å². The molecule has 1 heterocycles. The lowest BCUT2D eigenvalue weighted by Gasteiger charge is -2.33. The number of aryl methyl sites for hydroxylation is 2. The summed E-state index contributed by atoms with van der Waals surface area (Å²) in [7, 11) is 0. The van der Waals surface area contributed by atoms with Crippen molar-refractivity contribution in [2.75, 3.05) is 18.5 Å². The summed E-state index contributed by atoms with van der Waals surface area (Å²) in [6, 6.07) is 5.19. The van der Waals surface area contributed by atoms with Crippen LogP contribution >= 0.6 is 0 Å². The highest BCUT2D eigenvalue weighted by Crippen LogP contribution is 2.23. The van der Waals surface area contributed by atoms with Crippen molar-refractivity contribution in [3.05, 3.63) is 29.3 Å². The molecule has 1 saturated heterocycles. The summed E-state index contributed by atoms with van der Waals surface area (Å²) < 4.78 is 5.18. The molecule has 1 aliphatic heterocycles. The number of nitrogens with one attached hydrogen (secondary N) is 2. The zero-order valence-electron chi connectivity index (χ0n) is 12.2. The molecule has 0 bridgehead atoms. The van der Waals surface area contributed by atoms with Crippen LogP contribution in [0.1, 0.15) is 24.0 Å². The number of urea groups is 1. The number of carbonyl (C=O) groups is 2. The second kappa shape index (κ2) is 6.13. The van der Waals surface area contributed by atoms with Crippen LogP contribution in [0.15, 0.2) is 18.2 Å². The predicted molar refractivity (Wildman–Crippen MR) is 78.5 cm³/mol. The molecule has 1 fully saturated rings. The van der Waals surface area contributed by atoms with Crippen molar-refractivity contribution in [2.24, 2.45) is 0 Å². The van der Waals surface area contributed by atoms with Crippen molar-refractivity contribution in [3.8, 4) is 0 Å². The van der Waals surface area contributed by atoms with Crippen LogP contribution in [0.4, 0.5) is 10.5 Å². The van der Waals surface area contributed by atoms with E-state index in [1.165, 1.54) is 0 Å². The number of carboxylic acid groups (broad SMARTS) is 1. The molecule has 1 aliphatic rings. The normalized spacial score (nSPS) is 17.0. The third kappa shape index (κ3) is 3.33. The van der Waals surface area contributed by atoms with E-state index in [9.17, 15) is 14.7 Å². The lowest BCUT2D eigenvalue weighted by Crippen LogP contribution is -2.58. The molecule has 0 aromatic heterocycles. The fourth-order valence-electron chi connectivity index (χ4n) is 2.49. The fraction of sp³-hybridized carbons (Fsp3) is 0.467. The molecule has 1 aromatic rings. The molecule has 0 atom stereocenters. The summed E-state index contributed by atoms with van der Waals surface area (Å²) in [6.45, 7) is 4.44. The quantitative estimate of drug-likeness (QED) is 0.795. The molecule has 3 N–H and O–H groups in total. The van der Waals surface area contributed by atoms with Gasteiger partial charge in [-0.1, -0.05) is 18.2 Å². The minimum atomic E-state index is -1.25. The van der Waals surface area contributed by atoms with Gasteiger partial charge < -0.3 is 20.5 Å². The number of ether oxygens (including phenoxy) is 1. The van der Waals surface area contributed by atoms with E-state index < -0.39 is 17.5 Å². The minimum absolute atomic E-state index is 0.266. The number of rotatable bonds is 3. The summed E-state index contributed by atoms with van der Waals surface area (Å²) in [6.07, 6.45) is 0.533. The van der Waals surface area contributed by atoms with Crippen LogP contribution in [0.2, 0.25) is 0 Å². The van der Waals surface area contributed by atoms with Gasteiger partial charge in [0.05, 0.1) is 0 Å². The topological polar surface area (TPSA) is 87.7 Å². The molecule has 0 radical (unpaired) electrons. The van der Waals surface area contributed by atoms with Crippen molar-refractivity contribution < 1.29 is 19.4 Å². The van der Waals surface area contributed by atoms with Gasteiger partial charge in [-0.15, -0.1) is 0 Å². The Kier molecular flexibility index (Phi) is 4.47. The van der Waals surface area contributed by atoms with Crippen LogP contribution in [-0.4, -0.2) is 35.9 Å². The number of hydrogen-bond acceptors (Lipinski definition) is 3. The number of aliphatic carboxylic acids is 1. The Morgan fingerprint density at radius 2 is 1.76 bits per heavy atom. The van der Waals surface area contributed by atoms with E-state index in [1.54, 1.807) is 0 Å². The van der Waals surface area contributed by atoms with E-state index in [2.05, 4.69) is 10.6 Å². The molecule has 0 aliphatic carbocycles. The Balaban J connectivity index is 2.11. The molecule has 114 valence electrons. The van der Waals surface area contributed by atoms with Gasteiger partial charge in [0.15, 0.2) is 0 Å². The zero-order valence-corrected chi connectivity index (χ0v) is 12.2. The maximum absolute atomic E-state index is 12.2. The Hall–Kier alpha value is -2.08. The number of amides is 2. The molecule has 0 spiro atoms. The Morgan fingerprint density at radius 3 is 2.29 bits per heavy atom. The Morgan fingerprint density at radius 1 is 1.19 bits per heavy atom. The van der Waals surface area contributed by atoms with E-state index in [0.717, 1.165) is 11.1 Å². The van der Waals surface area contributed by atoms with Gasteiger partial charge in [0, 0.05) is 31.7 Å². The average molecular weight is 292 g/mol. The minimum Gasteiger partial charge on any atom is -0.480 e. The van der Waals surface area contributed by atoms with Crippen molar-refractivity contribution in [1.82, 2.24) is 5.32 Å². The molecule has 6 nitrogen and oxygen atoms in total. The number of benzene rings is 1. The van der Waals surface area contributed by atoms with Gasteiger partial charge in [0.2, 0.25) is 0 Å². The highest BCUT2D eigenvalue weighted by atomic mass is 16.5. The third-order valence-corrected chi connectivity index (χ3v) is 3.83. The molecular formula is C15H20N2O4. The monoisotopic (exact) mass is 292 g/mol. The van der Waals surface area contributed by atoms with Gasteiger partial charge in [-0.25, -0.2) is 9.59 Å². The second-order valence-corrected chi connectivity index (χ2v) is 5.35. The van der Waals surface area contributed by atoms with Crippen molar-refractivity contribution in [2.45, 2.75) is 32.2 Å². The summed E-state index contributed by atoms with van der Waals surface area (Å²) in [5.41, 5.74) is 1.32. The first kappa shape index (κ1) is 15.3. The molecule has 6 heteroatoms. The van der Waals surface area contributed by atoms with Gasteiger partial charge in [0.25, 0.3) is 0 Å². The summed E-state index contributed by atoms with van der Waals surface area (Å²) >= 11 is 0. The van der Waals surface area contributed by atoms with Gasteiger partial charge in [-0.2, -0.15) is 0 Å². The lowest BCUT2D eigenvalue weighted by molar-refractivity contribution is -0.148. The van der Waals surface area contributed by atoms with Gasteiger partial charge in [-0.05, 0) is 25.0 Å². The maximum Gasteiger partial charge on any atom is 0.329 e. The number of hydrogen-bond donors (Lipinski definition) is 3. The summed E-state index contributed by atoms with van der Waals surface area (Å²) in [5.74, 6) is -1.03. The second-order valence-electron chi connectivity index (χ2n) is 5.35. The molecule has 2 rings (SSSR count). The predicted octanol–water partition coefficient (Wildman–Crippen LogP) is 2.06. The smallest absolute Gasteiger partial charge is 0.329 e. The van der Waals surface area contributed by atoms with Gasteiger partial charge in [0.1, 0.15) is 5.54 Å². The Labute approximate surface area is 123 Å². The third-order valence-electron chi connectivity index (χ3n) is 3.83.